The van der Waals surface area contributed by atoms with Crippen molar-refractivity contribution in [3.63, 3.8) is 0 Å². The molecule has 132 valence electrons. The molecule has 1 atom stereocenters. The van der Waals surface area contributed by atoms with Crippen LogP contribution in [0.4, 0.5) is 0 Å². The van der Waals surface area contributed by atoms with Crippen LogP contribution in [0.25, 0.3) is 0 Å². The molecule has 2 heterocycles. The predicted molar refractivity (Wildman–Crippen MR) is 99.1 cm³/mol. The minimum atomic E-state index is -0.445. The fraction of sp³-hybridized carbons (Fsp3) is 0.353. The maximum absolute atomic E-state index is 12.8. The molecule has 1 aliphatic rings. The lowest BCUT2D eigenvalue weighted by Crippen LogP contribution is -2.47. The summed E-state index contributed by atoms with van der Waals surface area (Å²) in [4.78, 5) is 31.1. The Morgan fingerprint density at radius 1 is 1.44 bits per heavy atom. The summed E-state index contributed by atoms with van der Waals surface area (Å²) in [5, 5.41) is 4.88. The molecule has 1 fully saturated rings. The molecule has 1 saturated heterocycles. The van der Waals surface area contributed by atoms with Crippen molar-refractivity contribution in [3.05, 3.63) is 46.4 Å². The van der Waals surface area contributed by atoms with Crippen molar-refractivity contribution < 1.29 is 14.3 Å². The van der Waals surface area contributed by atoms with Crippen molar-refractivity contribution >= 4 is 34.9 Å². The van der Waals surface area contributed by atoms with E-state index in [1.165, 1.54) is 11.3 Å². The average molecular weight is 377 g/mol. The first kappa shape index (κ1) is 17.8. The van der Waals surface area contributed by atoms with Crippen LogP contribution in [0.1, 0.15) is 16.1 Å². The highest BCUT2D eigenvalue weighted by molar-refractivity contribution is 7.99. The molecule has 1 aliphatic heterocycles. The van der Waals surface area contributed by atoms with Gasteiger partial charge >= 0.3 is 0 Å². The van der Waals surface area contributed by atoms with Crippen LogP contribution in [0.2, 0.25) is 0 Å². The van der Waals surface area contributed by atoms with Crippen molar-refractivity contribution in [1.29, 1.82) is 0 Å². The maximum Gasteiger partial charge on any atom is 0.255 e. The zero-order chi connectivity index (χ0) is 17.6. The van der Waals surface area contributed by atoms with Gasteiger partial charge in [0.1, 0.15) is 11.8 Å². The van der Waals surface area contributed by atoms with Crippen molar-refractivity contribution in [2.75, 3.05) is 25.3 Å². The number of aromatic nitrogens is 1. The quantitative estimate of drug-likeness (QED) is 0.834. The normalized spacial score (nSPS) is 16.7. The number of methoxy groups -OCH3 is 1. The second-order valence-electron chi connectivity index (χ2n) is 5.54. The summed E-state index contributed by atoms with van der Waals surface area (Å²) < 4.78 is 5.17. The van der Waals surface area contributed by atoms with Gasteiger partial charge in [0.25, 0.3) is 5.91 Å². The van der Waals surface area contributed by atoms with E-state index in [4.69, 9.17) is 4.74 Å². The minimum absolute atomic E-state index is 0.114. The molecule has 1 aromatic carbocycles. The van der Waals surface area contributed by atoms with Crippen LogP contribution < -0.4 is 10.1 Å². The molecule has 0 bridgehead atoms. The monoisotopic (exact) mass is 377 g/mol. The Morgan fingerprint density at radius 2 is 2.32 bits per heavy atom. The van der Waals surface area contributed by atoms with E-state index in [2.05, 4.69) is 10.3 Å². The first-order valence-electron chi connectivity index (χ1n) is 7.86. The molecule has 3 rings (SSSR count). The Kier molecular flexibility index (Phi) is 5.93. The third kappa shape index (κ3) is 4.32. The van der Waals surface area contributed by atoms with E-state index < -0.39 is 6.04 Å². The van der Waals surface area contributed by atoms with Crippen LogP contribution in [-0.4, -0.2) is 53.0 Å². The molecule has 1 aromatic heterocycles. The zero-order valence-electron chi connectivity index (χ0n) is 13.8. The highest BCUT2D eigenvalue weighted by atomic mass is 32.2. The summed E-state index contributed by atoms with van der Waals surface area (Å²) >= 11 is 3.12. The number of nitrogens with one attached hydrogen (secondary N) is 1. The lowest BCUT2D eigenvalue weighted by atomic mass is 10.1. The Balaban J connectivity index is 1.60. The lowest BCUT2D eigenvalue weighted by Gasteiger charge is -2.23. The van der Waals surface area contributed by atoms with Gasteiger partial charge < -0.3 is 15.0 Å². The maximum atomic E-state index is 12.8. The summed E-state index contributed by atoms with van der Waals surface area (Å²) in [6.07, 6.45) is 0.693. The van der Waals surface area contributed by atoms with E-state index in [9.17, 15) is 9.59 Å². The number of hydrogen-bond donors (Lipinski definition) is 1. The summed E-state index contributed by atoms with van der Waals surface area (Å²) in [5.41, 5.74) is 3.27. The number of rotatable bonds is 6. The number of hydrogen-bond acceptors (Lipinski definition) is 6. The van der Waals surface area contributed by atoms with Gasteiger partial charge in [-0.05, 0) is 18.2 Å². The standard InChI is InChI=1S/C17H19N3O3S2/c1-23-14-4-2-3-12(7-14)17(22)20-11-25-9-15(20)16(21)18-6-5-13-8-24-10-19-13/h2-4,7-8,10,15H,5-6,9,11H2,1H3,(H,18,21). The van der Waals surface area contributed by atoms with Gasteiger partial charge in [-0.1, -0.05) is 6.07 Å². The topological polar surface area (TPSA) is 71.5 Å². The van der Waals surface area contributed by atoms with Crippen molar-refractivity contribution in [1.82, 2.24) is 15.2 Å². The van der Waals surface area contributed by atoms with Crippen LogP contribution in [0.5, 0.6) is 5.75 Å². The Hall–Kier alpha value is -2.06. The molecular weight excluding hydrogens is 358 g/mol. The van der Waals surface area contributed by atoms with Gasteiger partial charge in [0.15, 0.2) is 0 Å². The fourth-order valence-electron chi connectivity index (χ4n) is 2.57. The number of nitrogens with zero attached hydrogens (tertiary/aromatic N) is 2. The Bertz CT molecular complexity index is 736. The highest BCUT2D eigenvalue weighted by Crippen LogP contribution is 2.24. The van der Waals surface area contributed by atoms with Crippen LogP contribution in [0.3, 0.4) is 0 Å². The summed E-state index contributed by atoms with van der Waals surface area (Å²) in [6, 6.07) is 6.56. The van der Waals surface area contributed by atoms with E-state index in [1.807, 2.05) is 5.38 Å². The Morgan fingerprint density at radius 3 is 3.08 bits per heavy atom. The third-order valence-corrected chi connectivity index (χ3v) is 5.57. The smallest absolute Gasteiger partial charge is 0.255 e. The van der Waals surface area contributed by atoms with Gasteiger partial charge in [-0.2, -0.15) is 0 Å². The van der Waals surface area contributed by atoms with E-state index in [-0.39, 0.29) is 11.8 Å². The summed E-state index contributed by atoms with van der Waals surface area (Å²) in [5.74, 6) is 1.49. The van der Waals surface area contributed by atoms with Crippen LogP contribution in [0, 0.1) is 0 Å². The molecule has 8 heteroatoms. The van der Waals surface area contributed by atoms with E-state index in [1.54, 1.807) is 53.5 Å². The SMILES string of the molecule is COc1cccc(C(=O)N2CSCC2C(=O)NCCc2cscn2)c1. The number of benzene rings is 1. The molecule has 2 aromatic rings. The number of thiazole rings is 1. The van der Waals surface area contributed by atoms with E-state index in [0.717, 1.165) is 5.69 Å². The molecule has 2 amide bonds. The lowest BCUT2D eigenvalue weighted by molar-refractivity contribution is -0.124. The third-order valence-electron chi connectivity index (χ3n) is 3.93. The van der Waals surface area contributed by atoms with Crippen molar-refractivity contribution in [3.8, 4) is 5.75 Å². The van der Waals surface area contributed by atoms with Gasteiger partial charge in [-0.3, -0.25) is 9.59 Å². The first-order valence-corrected chi connectivity index (χ1v) is 9.96. The fourth-order valence-corrected chi connectivity index (χ4v) is 4.32. The zero-order valence-corrected chi connectivity index (χ0v) is 15.4. The molecule has 1 N–H and O–H groups in total. The molecule has 0 spiro atoms. The van der Waals surface area contributed by atoms with Crippen LogP contribution >= 0.6 is 23.1 Å². The molecule has 0 aliphatic carbocycles. The Labute approximate surface area is 154 Å². The first-order chi connectivity index (χ1) is 12.2. The largest absolute Gasteiger partial charge is 0.497 e. The minimum Gasteiger partial charge on any atom is -0.497 e. The second kappa shape index (κ2) is 8.35. The number of carbonyl (C=O) groups excluding carboxylic acids is 2. The number of amides is 2. The summed E-state index contributed by atoms with van der Waals surface area (Å²) in [7, 11) is 1.56. The number of ether oxygens (including phenoxy) is 1. The van der Waals surface area contributed by atoms with Gasteiger partial charge in [-0.25, -0.2) is 4.98 Å². The van der Waals surface area contributed by atoms with Crippen molar-refractivity contribution in [2.24, 2.45) is 0 Å². The molecule has 25 heavy (non-hydrogen) atoms. The molecule has 0 radical (unpaired) electrons. The van der Waals surface area contributed by atoms with E-state index in [0.29, 0.717) is 35.9 Å². The second-order valence-corrected chi connectivity index (χ2v) is 7.26. The number of thioether (sulfide) groups is 1. The van der Waals surface area contributed by atoms with Gasteiger partial charge in [0.05, 0.1) is 24.2 Å². The molecule has 1 unspecified atom stereocenters. The predicted octanol–water partition coefficient (Wildman–Crippen LogP) is 2.03. The highest BCUT2D eigenvalue weighted by Gasteiger charge is 2.35. The van der Waals surface area contributed by atoms with Gasteiger partial charge in [-0.15, -0.1) is 23.1 Å². The average Bonchev–Trinajstić information content (AvgIpc) is 3.32. The van der Waals surface area contributed by atoms with Crippen LogP contribution in [-0.2, 0) is 11.2 Å². The molecule has 6 nitrogen and oxygen atoms in total. The number of carbonyl (C=O) groups is 2. The van der Waals surface area contributed by atoms with Crippen molar-refractivity contribution in [2.45, 2.75) is 12.5 Å². The molecular formula is C17H19N3O3S2. The van der Waals surface area contributed by atoms with Crippen LogP contribution in [0.15, 0.2) is 35.2 Å². The van der Waals surface area contributed by atoms with Gasteiger partial charge in [0, 0.05) is 29.7 Å². The van der Waals surface area contributed by atoms with Gasteiger partial charge in [0.2, 0.25) is 5.91 Å². The summed E-state index contributed by atoms with van der Waals surface area (Å²) in [6.45, 7) is 0.519. The van der Waals surface area contributed by atoms with E-state index >= 15 is 0 Å². The molecule has 0 saturated carbocycles.